The third-order valence-electron chi connectivity index (χ3n) is 6.42. The molecule has 10 nitrogen and oxygen atoms in total. The van der Waals surface area contributed by atoms with Gasteiger partial charge in [-0.1, -0.05) is 26.0 Å². The molecule has 4 rings (SSSR count). The Morgan fingerprint density at radius 2 is 2.06 bits per heavy atom. The molecule has 3 heterocycles. The molecule has 4 atom stereocenters. The van der Waals surface area contributed by atoms with Crippen LogP contribution in [-0.2, 0) is 14.3 Å². The lowest BCUT2D eigenvalue weighted by atomic mass is 9.84. The number of ether oxygens (including phenoxy) is 1. The Labute approximate surface area is 185 Å². The highest BCUT2D eigenvalue weighted by Gasteiger charge is 2.54. The lowest BCUT2D eigenvalue weighted by molar-refractivity contribution is -0.145. The maximum atomic E-state index is 13.6. The first kappa shape index (κ1) is 22.1. The largest absolute Gasteiger partial charge is 0.465 e. The van der Waals surface area contributed by atoms with Gasteiger partial charge in [-0.25, -0.2) is 9.78 Å². The molecule has 0 bridgehead atoms. The Balaban J connectivity index is 1.62. The van der Waals surface area contributed by atoms with Gasteiger partial charge in [-0.2, -0.15) is 0 Å². The van der Waals surface area contributed by atoms with Crippen molar-refractivity contribution in [2.45, 2.75) is 58.0 Å². The number of aromatic nitrogens is 1. The minimum absolute atomic E-state index is 0.288. The molecular weight excluding hydrogens is 416 g/mol. The van der Waals surface area contributed by atoms with Gasteiger partial charge in [0, 0.05) is 13.5 Å². The molecule has 172 valence electrons. The number of benzene rings is 1. The molecule has 0 aliphatic carbocycles. The summed E-state index contributed by atoms with van der Waals surface area (Å²) in [6, 6.07) is 5.17. The van der Waals surface area contributed by atoms with Crippen LogP contribution in [0.15, 0.2) is 28.7 Å². The van der Waals surface area contributed by atoms with Crippen LogP contribution >= 0.6 is 0 Å². The lowest BCUT2D eigenvalue weighted by Gasteiger charge is -2.32. The second-order valence-corrected chi connectivity index (χ2v) is 9.11. The summed E-state index contributed by atoms with van der Waals surface area (Å²) in [6.45, 7) is 5.84. The highest BCUT2D eigenvalue weighted by Crippen LogP contribution is 2.51. The van der Waals surface area contributed by atoms with E-state index >= 15 is 0 Å². The van der Waals surface area contributed by atoms with Crippen LogP contribution in [-0.4, -0.2) is 69.8 Å². The van der Waals surface area contributed by atoms with Crippen LogP contribution in [0.1, 0.15) is 45.5 Å². The van der Waals surface area contributed by atoms with E-state index in [1.165, 1.54) is 14.0 Å². The zero-order chi connectivity index (χ0) is 23.2. The molecule has 10 heteroatoms. The van der Waals surface area contributed by atoms with Crippen LogP contribution in [0.4, 0.5) is 4.79 Å². The lowest BCUT2D eigenvalue weighted by Crippen LogP contribution is -2.54. The molecule has 2 aromatic rings. The molecule has 0 spiro atoms. The number of oxazole rings is 1. The van der Waals surface area contributed by atoms with Crippen molar-refractivity contribution in [3.05, 3.63) is 30.2 Å². The maximum absolute atomic E-state index is 13.6. The van der Waals surface area contributed by atoms with E-state index in [-0.39, 0.29) is 17.9 Å². The topological polar surface area (TPSA) is 125 Å². The first-order chi connectivity index (χ1) is 15.1. The van der Waals surface area contributed by atoms with Crippen LogP contribution in [0.25, 0.3) is 11.1 Å². The average Bonchev–Trinajstić information content (AvgIpc) is 3.23. The van der Waals surface area contributed by atoms with Crippen LogP contribution in [0.5, 0.6) is 0 Å². The summed E-state index contributed by atoms with van der Waals surface area (Å²) in [6.07, 6.45) is -0.790. The van der Waals surface area contributed by atoms with Crippen molar-refractivity contribution in [1.82, 2.24) is 20.1 Å². The van der Waals surface area contributed by atoms with Gasteiger partial charge in [0.2, 0.25) is 17.7 Å². The van der Waals surface area contributed by atoms with Crippen molar-refractivity contribution in [2.75, 3.05) is 13.7 Å². The molecule has 2 fully saturated rings. The summed E-state index contributed by atoms with van der Waals surface area (Å²) in [5.74, 6) is -0.394. The van der Waals surface area contributed by atoms with Gasteiger partial charge in [0.15, 0.2) is 5.58 Å². The number of fused-ring (bicyclic) bond motifs is 2. The second kappa shape index (κ2) is 8.09. The SMILES string of the molecule is C[C@@H](C(=O)N[C@H]1CCO[C@H]2CC(C)(C)C(c3nc4ccccc4o3)N2C1=O)N(C)C(=O)O. The Hall–Kier alpha value is -3.14. The van der Waals surface area contributed by atoms with Crippen LogP contribution < -0.4 is 5.32 Å². The summed E-state index contributed by atoms with van der Waals surface area (Å²) in [7, 11) is 1.31. The minimum Gasteiger partial charge on any atom is -0.465 e. The number of nitrogens with one attached hydrogen (secondary N) is 1. The van der Waals surface area contributed by atoms with E-state index in [0.29, 0.717) is 29.8 Å². The number of likely N-dealkylation sites (N-methyl/N-ethyl adjacent to an activating group) is 1. The van der Waals surface area contributed by atoms with Gasteiger partial charge >= 0.3 is 6.09 Å². The molecule has 3 amide bonds. The van der Waals surface area contributed by atoms with Crippen molar-refractivity contribution in [3.63, 3.8) is 0 Å². The monoisotopic (exact) mass is 444 g/mol. The van der Waals surface area contributed by atoms with E-state index in [2.05, 4.69) is 10.3 Å². The molecule has 2 saturated heterocycles. The molecule has 0 saturated carbocycles. The van der Waals surface area contributed by atoms with E-state index in [4.69, 9.17) is 14.3 Å². The third kappa shape index (κ3) is 3.79. The Kier molecular flexibility index (Phi) is 5.58. The number of carboxylic acid groups (broad SMARTS) is 1. The first-order valence-corrected chi connectivity index (χ1v) is 10.7. The highest BCUT2D eigenvalue weighted by atomic mass is 16.5. The number of carbonyl (C=O) groups excluding carboxylic acids is 2. The maximum Gasteiger partial charge on any atom is 0.407 e. The van der Waals surface area contributed by atoms with E-state index in [0.717, 1.165) is 4.90 Å². The quantitative estimate of drug-likeness (QED) is 0.741. The molecule has 2 aliphatic rings. The van der Waals surface area contributed by atoms with Crippen molar-refractivity contribution in [1.29, 1.82) is 0 Å². The predicted octanol–water partition coefficient (Wildman–Crippen LogP) is 2.36. The third-order valence-corrected chi connectivity index (χ3v) is 6.42. The van der Waals surface area contributed by atoms with Crippen molar-refractivity contribution in [3.8, 4) is 0 Å². The number of nitrogens with zero attached hydrogens (tertiary/aromatic N) is 3. The summed E-state index contributed by atoms with van der Waals surface area (Å²) in [5.41, 5.74) is 0.977. The van der Waals surface area contributed by atoms with Gasteiger partial charge in [0.05, 0.1) is 6.61 Å². The Morgan fingerprint density at radius 3 is 2.75 bits per heavy atom. The van der Waals surface area contributed by atoms with Crippen molar-refractivity contribution >= 4 is 29.0 Å². The Bertz CT molecular complexity index is 1020. The zero-order valence-electron chi connectivity index (χ0n) is 18.6. The molecule has 1 aromatic heterocycles. The average molecular weight is 444 g/mol. The number of para-hydroxylation sites is 2. The van der Waals surface area contributed by atoms with Gasteiger partial charge in [0.1, 0.15) is 29.9 Å². The van der Waals surface area contributed by atoms with E-state index in [1.807, 2.05) is 38.1 Å². The predicted molar refractivity (Wildman–Crippen MR) is 114 cm³/mol. The molecule has 1 aromatic carbocycles. The smallest absolute Gasteiger partial charge is 0.407 e. The molecule has 0 radical (unpaired) electrons. The number of amides is 3. The number of hydrogen-bond donors (Lipinski definition) is 2. The fourth-order valence-electron chi connectivity index (χ4n) is 4.46. The molecule has 2 aliphatic heterocycles. The van der Waals surface area contributed by atoms with Gasteiger partial charge < -0.3 is 24.5 Å². The zero-order valence-corrected chi connectivity index (χ0v) is 18.6. The van der Waals surface area contributed by atoms with Crippen LogP contribution in [0.3, 0.4) is 0 Å². The minimum atomic E-state index is -1.22. The molecule has 2 N–H and O–H groups in total. The number of carbonyl (C=O) groups is 3. The standard InChI is InChI=1S/C22H28N4O6/c1-12(25(4)21(29)30)18(27)23-14-9-10-31-16-11-22(2,3)17(26(16)20(14)28)19-24-13-7-5-6-8-15(13)32-19/h5-8,12,14,16-17H,9-11H2,1-4H3,(H,23,27)(H,29,30)/t12-,14-,16-,17?/m0/s1. The van der Waals surface area contributed by atoms with Gasteiger partial charge in [-0.15, -0.1) is 0 Å². The van der Waals surface area contributed by atoms with Crippen molar-refractivity contribution in [2.24, 2.45) is 5.41 Å². The normalized spacial score (nSPS) is 25.8. The van der Waals surface area contributed by atoms with Gasteiger partial charge in [-0.05, 0) is 30.9 Å². The molecular formula is C22H28N4O6. The van der Waals surface area contributed by atoms with Gasteiger partial charge in [0.25, 0.3) is 0 Å². The summed E-state index contributed by atoms with van der Waals surface area (Å²) in [4.78, 5) is 44.6. The highest BCUT2D eigenvalue weighted by molar-refractivity contribution is 5.91. The van der Waals surface area contributed by atoms with Crippen LogP contribution in [0.2, 0.25) is 0 Å². The second-order valence-electron chi connectivity index (χ2n) is 9.11. The number of rotatable bonds is 4. The van der Waals surface area contributed by atoms with E-state index < -0.39 is 36.4 Å². The summed E-state index contributed by atoms with van der Waals surface area (Å²) < 4.78 is 12.0. The fourth-order valence-corrected chi connectivity index (χ4v) is 4.46. The summed E-state index contributed by atoms with van der Waals surface area (Å²) in [5, 5.41) is 11.9. The van der Waals surface area contributed by atoms with Gasteiger partial charge in [-0.3, -0.25) is 14.5 Å². The van der Waals surface area contributed by atoms with Crippen molar-refractivity contribution < 1.29 is 28.6 Å². The van der Waals surface area contributed by atoms with E-state index in [1.54, 1.807) is 4.90 Å². The molecule has 1 unspecified atom stereocenters. The summed E-state index contributed by atoms with van der Waals surface area (Å²) >= 11 is 0. The fraction of sp³-hybridized carbons (Fsp3) is 0.545. The number of hydrogen-bond acceptors (Lipinski definition) is 6. The van der Waals surface area contributed by atoms with Crippen LogP contribution in [0, 0.1) is 5.41 Å². The van der Waals surface area contributed by atoms with E-state index in [9.17, 15) is 14.4 Å². The Morgan fingerprint density at radius 1 is 1.34 bits per heavy atom. The molecule has 32 heavy (non-hydrogen) atoms. The first-order valence-electron chi connectivity index (χ1n) is 10.7.